The molecule has 2 heterocycles. The Kier molecular flexibility index (Phi) is 5.47. The first-order valence-electron chi connectivity index (χ1n) is 7.75. The normalized spacial score (nSPS) is 12.3. The van der Waals surface area contributed by atoms with E-state index in [0.717, 1.165) is 22.5 Å². The minimum Gasteiger partial charge on any atom is -0.394 e. The van der Waals surface area contributed by atoms with E-state index in [0.29, 0.717) is 10.9 Å². The van der Waals surface area contributed by atoms with Crippen molar-refractivity contribution >= 4 is 11.8 Å². The number of nitrogens with zero attached hydrogens (tertiary/aromatic N) is 3. The first-order chi connectivity index (χ1) is 12.1. The van der Waals surface area contributed by atoms with Gasteiger partial charge in [-0.1, -0.05) is 11.8 Å². The number of aliphatic hydroxyl groups excluding tert-OH is 2. The van der Waals surface area contributed by atoms with Crippen molar-refractivity contribution in [3.8, 4) is 22.5 Å². The van der Waals surface area contributed by atoms with E-state index in [9.17, 15) is 9.50 Å². The lowest BCUT2D eigenvalue weighted by Gasteiger charge is -2.08. The number of pyridine rings is 1. The number of hydrogen-bond acceptors (Lipinski definition) is 5. The van der Waals surface area contributed by atoms with Crippen LogP contribution in [-0.4, -0.2) is 43.2 Å². The number of imidazole rings is 1. The summed E-state index contributed by atoms with van der Waals surface area (Å²) in [5.41, 5.74) is 3.36. The Labute approximate surface area is 149 Å². The van der Waals surface area contributed by atoms with Gasteiger partial charge in [-0.15, -0.1) is 0 Å². The number of aromatic nitrogens is 3. The summed E-state index contributed by atoms with van der Waals surface area (Å²) < 4.78 is 15.2. The Hall–Kier alpha value is -2.22. The molecule has 0 amide bonds. The van der Waals surface area contributed by atoms with E-state index in [1.165, 1.54) is 23.9 Å². The molecular weight excluding hydrogens is 341 g/mol. The Morgan fingerprint density at radius 2 is 1.80 bits per heavy atom. The predicted molar refractivity (Wildman–Crippen MR) is 95.6 cm³/mol. The molecule has 0 fully saturated rings. The molecule has 3 rings (SSSR count). The molecule has 2 N–H and O–H groups in total. The molecule has 0 aliphatic rings. The summed E-state index contributed by atoms with van der Waals surface area (Å²) in [6.07, 6.45) is 2.61. The quantitative estimate of drug-likeness (QED) is 0.662. The molecule has 0 aliphatic heterocycles. The number of hydrogen-bond donors (Lipinski definition) is 2. The lowest BCUT2D eigenvalue weighted by atomic mass is 10.1. The van der Waals surface area contributed by atoms with E-state index in [1.54, 1.807) is 24.5 Å². The zero-order valence-electron chi connectivity index (χ0n) is 13.6. The standard InChI is InChI=1S/C18H18FN3O2S/c1-22-17(13-6-8-20-9-7-13)16(12-2-4-14(19)5-3-12)21-18(22)25-11-15(24)10-23/h2-9,15,23-24H,10-11H2,1H3. The SMILES string of the molecule is Cn1c(SCC(O)CO)nc(-c2ccc(F)cc2)c1-c1ccncc1. The monoisotopic (exact) mass is 359 g/mol. The first-order valence-corrected chi connectivity index (χ1v) is 8.73. The molecule has 130 valence electrons. The zero-order chi connectivity index (χ0) is 17.8. The van der Waals surface area contributed by atoms with Crippen LogP contribution in [0.15, 0.2) is 53.9 Å². The molecule has 1 aromatic carbocycles. The minimum absolute atomic E-state index is 0.292. The fourth-order valence-corrected chi connectivity index (χ4v) is 3.37. The fourth-order valence-electron chi connectivity index (χ4n) is 2.48. The molecule has 0 saturated heterocycles. The summed E-state index contributed by atoms with van der Waals surface area (Å²) in [5.74, 6) is 0.0332. The van der Waals surface area contributed by atoms with Gasteiger partial charge >= 0.3 is 0 Å². The van der Waals surface area contributed by atoms with E-state index in [1.807, 2.05) is 23.7 Å². The molecule has 25 heavy (non-hydrogen) atoms. The smallest absolute Gasteiger partial charge is 0.168 e. The number of halogens is 1. The van der Waals surface area contributed by atoms with Gasteiger partial charge in [-0.25, -0.2) is 9.37 Å². The molecule has 2 aromatic heterocycles. The maximum absolute atomic E-state index is 13.3. The van der Waals surface area contributed by atoms with Crippen LogP contribution < -0.4 is 0 Å². The van der Waals surface area contributed by atoms with Crippen LogP contribution in [0, 0.1) is 5.82 Å². The summed E-state index contributed by atoms with van der Waals surface area (Å²) in [4.78, 5) is 8.73. The zero-order valence-corrected chi connectivity index (χ0v) is 14.4. The highest BCUT2D eigenvalue weighted by molar-refractivity contribution is 7.99. The lowest BCUT2D eigenvalue weighted by Crippen LogP contribution is -2.15. The predicted octanol–water partition coefficient (Wildman–Crippen LogP) is 2.73. The third kappa shape index (κ3) is 3.89. The highest BCUT2D eigenvalue weighted by atomic mass is 32.2. The molecule has 1 unspecified atom stereocenters. The summed E-state index contributed by atoms with van der Waals surface area (Å²) in [5, 5.41) is 19.3. The number of thioether (sulfide) groups is 1. The summed E-state index contributed by atoms with van der Waals surface area (Å²) in [6, 6.07) is 9.98. The molecule has 7 heteroatoms. The van der Waals surface area contributed by atoms with E-state index >= 15 is 0 Å². The molecular formula is C18H18FN3O2S. The van der Waals surface area contributed by atoms with Gasteiger partial charge in [0.25, 0.3) is 0 Å². The average Bonchev–Trinajstić information content (AvgIpc) is 2.97. The molecule has 0 aliphatic carbocycles. The van der Waals surface area contributed by atoms with E-state index < -0.39 is 6.10 Å². The minimum atomic E-state index is -0.805. The first kappa shape index (κ1) is 17.6. The van der Waals surface area contributed by atoms with E-state index in [2.05, 4.69) is 9.97 Å². The second kappa shape index (κ2) is 7.77. The van der Waals surface area contributed by atoms with E-state index in [-0.39, 0.29) is 12.4 Å². The maximum Gasteiger partial charge on any atom is 0.168 e. The third-order valence-corrected chi connectivity index (χ3v) is 4.92. The van der Waals surface area contributed by atoms with Gasteiger partial charge in [-0.3, -0.25) is 4.98 Å². The van der Waals surface area contributed by atoms with Crippen molar-refractivity contribution in [1.82, 2.24) is 14.5 Å². The van der Waals surface area contributed by atoms with Gasteiger partial charge in [0.2, 0.25) is 0 Å². The molecule has 0 bridgehead atoms. The highest BCUT2D eigenvalue weighted by Gasteiger charge is 2.19. The van der Waals surface area contributed by atoms with Crippen LogP contribution in [0.5, 0.6) is 0 Å². The number of aliphatic hydroxyl groups is 2. The van der Waals surface area contributed by atoms with Crippen molar-refractivity contribution in [3.05, 3.63) is 54.6 Å². The van der Waals surface area contributed by atoms with Gasteiger partial charge in [0.1, 0.15) is 5.82 Å². The second-order valence-corrected chi connectivity index (χ2v) is 6.53. The van der Waals surface area contributed by atoms with Gasteiger partial charge < -0.3 is 14.8 Å². The van der Waals surface area contributed by atoms with Crippen molar-refractivity contribution in [2.24, 2.45) is 7.05 Å². The van der Waals surface area contributed by atoms with Crippen molar-refractivity contribution < 1.29 is 14.6 Å². The number of rotatable bonds is 6. The third-order valence-electron chi connectivity index (χ3n) is 3.74. The van der Waals surface area contributed by atoms with Crippen molar-refractivity contribution in [2.45, 2.75) is 11.3 Å². The highest BCUT2D eigenvalue weighted by Crippen LogP contribution is 2.35. The summed E-state index contributed by atoms with van der Waals surface area (Å²) >= 11 is 1.36. The van der Waals surface area contributed by atoms with Crippen LogP contribution in [0.25, 0.3) is 22.5 Å². The van der Waals surface area contributed by atoms with Gasteiger partial charge in [-0.2, -0.15) is 0 Å². The topological polar surface area (TPSA) is 71.2 Å². The van der Waals surface area contributed by atoms with Crippen LogP contribution in [-0.2, 0) is 7.05 Å². The molecule has 3 aromatic rings. The average molecular weight is 359 g/mol. The van der Waals surface area contributed by atoms with Crippen LogP contribution in [0.3, 0.4) is 0 Å². The largest absolute Gasteiger partial charge is 0.394 e. The summed E-state index contributed by atoms with van der Waals surface area (Å²) in [6.45, 7) is -0.292. The van der Waals surface area contributed by atoms with Crippen LogP contribution in [0.2, 0.25) is 0 Å². The fraction of sp³-hybridized carbons (Fsp3) is 0.222. The Balaban J connectivity index is 2.07. The van der Waals surface area contributed by atoms with Crippen LogP contribution >= 0.6 is 11.8 Å². The summed E-state index contributed by atoms with van der Waals surface area (Å²) in [7, 11) is 1.89. The maximum atomic E-state index is 13.3. The molecule has 5 nitrogen and oxygen atoms in total. The van der Waals surface area contributed by atoms with Gasteiger partial charge in [0.15, 0.2) is 5.16 Å². The van der Waals surface area contributed by atoms with Crippen molar-refractivity contribution in [2.75, 3.05) is 12.4 Å². The van der Waals surface area contributed by atoms with Crippen LogP contribution in [0.1, 0.15) is 0 Å². The Bertz CT molecular complexity index is 838. The van der Waals surface area contributed by atoms with Gasteiger partial charge in [-0.05, 0) is 36.4 Å². The van der Waals surface area contributed by atoms with Gasteiger partial charge in [0.05, 0.1) is 24.1 Å². The Morgan fingerprint density at radius 1 is 1.12 bits per heavy atom. The molecule has 0 spiro atoms. The van der Waals surface area contributed by atoms with Crippen LogP contribution in [0.4, 0.5) is 4.39 Å². The molecule has 1 atom stereocenters. The number of benzene rings is 1. The Morgan fingerprint density at radius 3 is 2.44 bits per heavy atom. The second-order valence-electron chi connectivity index (χ2n) is 5.54. The lowest BCUT2D eigenvalue weighted by molar-refractivity contribution is 0.113. The van der Waals surface area contributed by atoms with Crippen molar-refractivity contribution in [1.29, 1.82) is 0 Å². The molecule has 0 saturated carbocycles. The van der Waals surface area contributed by atoms with Gasteiger partial charge in [0, 0.05) is 36.3 Å². The van der Waals surface area contributed by atoms with Crippen molar-refractivity contribution in [3.63, 3.8) is 0 Å². The van der Waals surface area contributed by atoms with E-state index in [4.69, 9.17) is 5.11 Å². The molecule has 0 radical (unpaired) electrons.